The van der Waals surface area contributed by atoms with E-state index in [1.165, 1.54) is 6.20 Å². The van der Waals surface area contributed by atoms with Gasteiger partial charge in [-0.05, 0) is 38.1 Å². The molecular formula is C14H16N4O. The predicted molar refractivity (Wildman–Crippen MR) is 71.0 cm³/mol. The Morgan fingerprint density at radius 2 is 2.16 bits per heavy atom. The minimum atomic E-state index is -0.0587. The lowest BCUT2D eigenvalue weighted by Gasteiger charge is -2.25. The summed E-state index contributed by atoms with van der Waals surface area (Å²) in [4.78, 5) is 20.5. The number of hydrogen-bond acceptors (Lipinski definition) is 4. The van der Waals surface area contributed by atoms with Crippen LogP contribution < -0.4 is 5.32 Å². The number of ketones is 1. The van der Waals surface area contributed by atoms with E-state index in [0.29, 0.717) is 17.4 Å². The molecule has 0 radical (unpaired) electrons. The van der Waals surface area contributed by atoms with E-state index in [1.54, 1.807) is 12.4 Å². The van der Waals surface area contributed by atoms with Gasteiger partial charge in [-0.15, -0.1) is 0 Å². The Hall–Kier alpha value is -2.01. The number of aromatic nitrogens is 3. The van der Waals surface area contributed by atoms with Gasteiger partial charge < -0.3 is 9.88 Å². The number of carbonyl (C=O) groups is 1. The second-order valence-corrected chi connectivity index (χ2v) is 4.70. The molecule has 3 heterocycles. The van der Waals surface area contributed by atoms with Crippen LogP contribution in [0.25, 0.3) is 0 Å². The van der Waals surface area contributed by atoms with Crippen molar-refractivity contribution in [1.82, 2.24) is 19.9 Å². The van der Waals surface area contributed by atoms with E-state index in [0.717, 1.165) is 25.9 Å². The lowest BCUT2D eigenvalue weighted by atomic mass is 10.1. The molecule has 1 aliphatic rings. The van der Waals surface area contributed by atoms with Crippen molar-refractivity contribution in [1.29, 1.82) is 0 Å². The number of nitrogens with one attached hydrogen (secondary N) is 1. The highest BCUT2D eigenvalue weighted by atomic mass is 16.1. The fraction of sp³-hybridized carbons (Fsp3) is 0.357. The molecule has 2 aromatic rings. The van der Waals surface area contributed by atoms with Gasteiger partial charge in [0.2, 0.25) is 5.78 Å². The van der Waals surface area contributed by atoms with Crippen LogP contribution in [0.4, 0.5) is 0 Å². The molecule has 0 spiro atoms. The molecule has 0 amide bonds. The highest BCUT2D eigenvalue weighted by Crippen LogP contribution is 2.22. The van der Waals surface area contributed by atoms with E-state index in [-0.39, 0.29) is 5.78 Å². The van der Waals surface area contributed by atoms with Gasteiger partial charge in [0.1, 0.15) is 5.69 Å². The molecule has 0 atom stereocenters. The first kappa shape index (κ1) is 12.0. The van der Waals surface area contributed by atoms with Crippen LogP contribution in [-0.2, 0) is 0 Å². The first-order valence-corrected chi connectivity index (χ1v) is 6.54. The van der Waals surface area contributed by atoms with Gasteiger partial charge >= 0.3 is 0 Å². The normalized spacial score (nSPS) is 16.4. The summed E-state index contributed by atoms with van der Waals surface area (Å²) >= 11 is 0. The largest absolute Gasteiger partial charge is 0.342 e. The first-order valence-electron chi connectivity index (χ1n) is 6.54. The van der Waals surface area contributed by atoms with Crippen molar-refractivity contribution in [3.8, 4) is 0 Å². The van der Waals surface area contributed by atoms with Crippen LogP contribution in [0.15, 0.2) is 36.9 Å². The summed E-state index contributed by atoms with van der Waals surface area (Å²) in [6.07, 6.45) is 8.72. The number of carbonyl (C=O) groups excluding carboxylic acids is 1. The third kappa shape index (κ3) is 2.42. The standard InChI is InChI=1S/C14H16N4O/c19-14(12-10-16-7-8-17-12)13-2-1-9-18(13)11-3-5-15-6-4-11/h1-2,7-11,15H,3-6H2. The number of piperidine rings is 1. The van der Waals surface area contributed by atoms with Gasteiger partial charge in [0.05, 0.1) is 11.9 Å². The second kappa shape index (κ2) is 5.32. The van der Waals surface area contributed by atoms with Crippen molar-refractivity contribution < 1.29 is 4.79 Å². The van der Waals surface area contributed by atoms with E-state index >= 15 is 0 Å². The molecule has 0 unspecified atom stereocenters. The fourth-order valence-electron chi connectivity index (χ4n) is 2.54. The summed E-state index contributed by atoms with van der Waals surface area (Å²) in [6.45, 7) is 2.00. The molecule has 0 bridgehead atoms. The zero-order valence-electron chi connectivity index (χ0n) is 10.6. The Morgan fingerprint density at radius 3 is 2.89 bits per heavy atom. The van der Waals surface area contributed by atoms with Crippen LogP contribution in [0.3, 0.4) is 0 Å². The van der Waals surface area contributed by atoms with E-state index in [2.05, 4.69) is 19.9 Å². The van der Waals surface area contributed by atoms with Crippen LogP contribution in [0.2, 0.25) is 0 Å². The maximum absolute atomic E-state index is 12.4. The summed E-state index contributed by atoms with van der Waals surface area (Å²) in [5.41, 5.74) is 1.10. The lowest BCUT2D eigenvalue weighted by Crippen LogP contribution is -2.30. The summed E-state index contributed by atoms with van der Waals surface area (Å²) < 4.78 is 2.08. The van der Waals surface area contributed by atoms with Gasteiger partial charge in [-0.1, -0.05) is 0 Å². The van der Waals surface area contributed by atoms with Crippen LogP contribution in [-0.4, -0.2) is 33.4 Å². The van der Waals surface area contributed by atoms with Crippen molar-refractivity contribution in [2.24, 2.45) is 0 Å². The molecule has 0 aliphatic carbocycles. The van der Waals surface area contributed by atoms with Gasteiger partial charge in [-0.3, -0.25) is 9.78 Å². The van der Waals surface area contributed by atoms with Gasteiger partial charge in [0.25, 0.3) is 0 Å². The van der Waals surface area contributed by atoms with Crippen molar-refractivity contribution in [2.45, 2.75) is 18.9 Å². The monoisotopic (exact) mass is 256 g/mol. The molecule has 3 rings (SSSR count). The highest BCUT2D eigenvalue weighted by molar-refractivity contribution is 6.06. The quantitative estimate of drug-likeness (QED) is 0.844. The molecule has 1 saturated heterocycles. The zero-order valence-corrected chi connectivity index (χ0v) is 10.6. The SMILES string of the molecule is O=C(c1cnccn1)c1cccn1C1CCNCC1. The highest BCUT2D eigenvalue weighted by Gasteiger charge is 2.21. The molecule has 98 valence electrons. The second-order valence-electron chi connectivity index (χ2n) is 4.70. The minimum Gasteiger partial charge on any atom is -0.342 e. The van der Waals surface area contributed by atoms with E-state index in [4.69, 9.17) is 0 Å². The summed E-state index contributed by atoms with van der Waals surface area (Å²) in [5.74, 6) is -0.0587. The molecule has 19 heavy (non-hydrogen) atoms. The van der Waals surface area contributed by atoms with E-state index < -0.39 is 0 Å². The molecule has 2 aromatic heterocycles. The van der Waals surface area contributed by atoms with Gasteiger partial charge in [-0.25, -0.2) is 4.98 Å². The van der Waals surface area contributed by atoms with Crippen molar-refractivity contribution in [3.05, 3.63) is 48.3 Å². The lowest BCUT2D eigenvalue weighted by molar-refractivity contribution is 0.102. The third-order valence-corrected chi connectivity index (χ3v) is 3.51. The fourth-order valence-corrected chi connectivity index (χ4v) is 2.54. The van der Waals surface area contributed by atoms with E-state index in [1.807, 2.05) is 18.3 Å². The van der Waals surface area contributed by atoms with Crippen LogP contribution in [0.1, 0.15) is 35.1 Å². The Kier molecular flexibility index (Phi) is 3.37. The minimum absolute atomic E-state index is 0.0587. The Labute approximate surface area is 111 Å². The average molecular weight is 256 g/mol. The average Bonchev–Trinajstić information content (AvgIpc) is 2.98. The molecule has 1 fully saturated rings. The Balaban J connectivity index is 1.89. The van der Waals surface area contributed by atoms with Crippen LogP contribution in [0.5, 0.6) is 0 Å². The molecule has 5 heteroatoms. The third-order valence-electron chi connectivity index (χ3n) is 3.51. The number of nitrogens with zero attached hydrogens (tertiary/aromatic N) is 3. The predicted octanol–water partition coefficient (Wildman–Crippen LogP) is 1.43. The number of rotatable bonds is 3. The van der Waals surface area contributed by atoms with Gasteiger partial charge in [-0.2, -0.15) is 0 Å². The molecule has 1 aliphatic heterocycles. The molecule has 5 nitrogen and oxygen atoms in total. The van der Waals surface area contributed by atoms with Crippen LogP contribution in [0, 0.1) is 0 Å². The first-order chi connectivity index (χ1) is 9.36. The molecule has 0 aromatic carbocycles. The van der Waals surface area contributed by atoms with Gasteiger partial charge in [0.15, 0.2) is 0 Å². The number of hydrogen-bond donors (Lipinski definition) is 1. The zero-order chi connectivity index (χ0) is 13.1. The maximum Gasteiger partial charge on any atom is 0.229 e. The Morgan fingerprint density at radius 1 is 1.32 bits per heavy atom. The van der Waals surface area contributed by atoms with Crippen LogP contribution >= 0.6 is 0 Å². The van der Waals surface area contributed by atoms with Crippen molar-refractivity contribution in [3.63, 3.8) is 0 Å². The van der Waals surface area contributed by atoms with Crippen molar-refractivity contribution >= 4 is 5.78 Å². The summed E-state index contributed by atoms with van der Waals surface area (Å²) in [5, 5.41) is 3.34. The summed E-state index contributed by atoms with van der Waals surface area (Å²) in [6, 6.07) is 4.18. The maximum atomic E-state index is 12.4. The molecule has 0 saturated carbocycles. The molecule has 1 N–H and O–H groups in total. The van der Waals surface area contributed by atoms with Gasteiger partial charge in [0, 0.05) is 24.6 Å². The molecular weight excluding hydrogens is 240 g/mol. The Bertz CT molecular complexity index is 558. The van der Waals surface area contributed by atoms with Crippen molar-refractivity contribution in [2.75, 3.05) is 13.1 Å². The smallest absolute Gasteiger partial charge is 0.229 e. The van der Waals surface area contributed by atoms with E-state index in [9.17, 15) is 4.79 Å². The summed E-state index contributed by atoms with van der Waals surface area (Å²) in [7, 11) is 0. The topological polar surface area (TPSA) is 59.8 Å².